The average molecular weight is 304 g/mol. The number of amides is 1. The molecule has 22 heavy (non-hydrogen) atoms. The largest absolute Gasteiger partial charge is 0.475 e. The number of carbonyl (C=O) groups is 2. The minimum Gasteiger partial charge on any atom is -0.475 e. The van der Waals surface area contributed by atoms with Gasteiger partial charge in [-0.15, -0.1) is 0 Å². The number of aromatic carboxylic acids is 1. The summed E-state index contributed by atoms with van der Waals surface area (Å²) < 4.78 is 9.80. The number of nitrogens with zero attached hydrogens (tertiary/aromatic N) is 1. The highest BCUT2D eigenvalue weighted by atomic mass is 16.5. The van der Waals surface area contributed by atoms with Gasteiger partial charge in [0.2, 0.25) is 5.76 Å². The molecular weight excluding hydrogens is 288 g/mol. The summed E-state index contributed by atoms with van der Waals surface area (Å²) in [7, 11) is 0. The molecule has 0 saturated heterocycles. The molecule has 0 aliphatic carbocycles. The number of alkyl carbamates (subject to hydrolysis) is 1. The number of rotatable bonds is 5. The molecule has 2 rings (SSSR count). The molecule has 0 bridgehead atoms. The molecule has 0 aliphatic rings. The molecular formula is C15H16N2O5. The Balaban J connectivity index is 1.95. The van der Waals surface area contributed by atoms with Crippen molar-refractivity contribution in [3.8, 4) is 0 Å². The summed E-state index contributed by atoms with van der Waals surface area (Å²) in [6.45, 7) is 3.47. The van der Waals surface area contributed by atoms with Gasteiger partial charge in [-0.1, -0.05) is 35.5 Å². The first-order chi connectivity index (χ1) is 10.4. The Hall–Kier alpha value is -2.83. The molecule has 1 aromatic heterocycles. The third kappa shape index (κ3) is 3.85. The zero-order valence-electron chi connectivity index (χ0n) is 12.2. The number of ether oxygens (including phenoxy) is 1. The van der Waals surface area contributed by atoms with Crippen molar-refractivity contribution in [2.45, 2.75) is 26.0 Å². The number of carbonyl (C=O) groups excluding carboxylic acids is 1. The van der Waals surface area contributed by atoms with Crippen molar-refractivity contribution in [3.05, 3.63) is 53.4 Å². The van der Waals surface area contributed by atoms with Gasteiger partial charge in [0, 0.05) is 6.07 Å². The Bertz CT molecular complexity index is 664. The SMILES string of the molecule is CC(C)(NC(=O)OCc1ccccc1)c1cc(C(=O)O)on1. The van der Waals surface area contributed by atoms with Gasteiger partial charge in [0.15, 0.2) is 0 Å². The molecule has 0 atom stereocenters. The van der Waals surface area contributed by atoms with Crippen LogP contribution in [-0.4, -0.2) is 22.3 Å². The smallest absolute Gasteiger partial charge is 0.408 e. The third-order valence-corrected chi connectivity index (χ3v) is 2.99. The summed E-state index contributed by atoms with van der Waals surface area (Å²) in [5.41, 5.74) is 0.233. The number of carboxylic acid groups (broad SMARTS) is 1. The highest BCUT2D eigenvalue weighted by Crippen LogP contribution is 2.20. The summed E-state index contributed by atoms with van der Waals surface area (Å²) in [6.07, 6.45) is -0.631. The second-order valence-corrected chi connectivity index (χ2v) is 5.19. The number of hydrogen-bond acceptors (Lipinski definition) is 5. The Morgan fingerprint density at radius 2 is 2.00 bits per heavy atom. The van der Waals surface area contributed by atoms with E-state index in [9.17, 15) is 9.59 Å². The van der Waals surface area contributed by atoms with Gasteiger partial charge in [0.05, 0.1) is 5.54 Å². The number of hydrogen-bond donors (Lipinski definition) is 2. The normalized spacial score (nSPS) is 11.0. The summed E-state index contributed by atoms with van der Waals surface area (Å²) in [4.78, 5) is 22.6. The molecule has 0 saturated carbocycles. The fourth-order valence-corrected chi connectivity index (χ4v) is 1.75. The Morgan fingerprint density at radius 1 is 1.32 bits per heavy atom. The molecule has 1 amide bonds. The highest BCUT2D eigenvalue weighted by molar-refractivity contribution is 5.84. The van der Waals surface area contributed by atoms with E-state index in [0.29, 0.717) is 5.69 Å². The third-order valence-electron chi connectivity index (χ3n) is 2.99. The molecule has 2 N–H and O–H groups in total. The lowest BCUT2D eigenvalue weighted by molar-refractivity contribution is 0.0651. The number of benzene rings is 1. The van der Waals surface area contributed by atoms with E-state index in [4.69, 9.17) is 9.84 Å². The van der Waals surface area contributed by atoms with Crippen LogP contribution < -0.4 is 5.32 Å². The van der Waals surface area contributed by atoms with E-state index in [1.165, 1.54) is 6.07 Å². The highest BCUT2D eigenvalue weighted by Gasteiger charge is 2.28. The lowest BCUT2D eigenvalue weighted by atomic mass is 10.0. The maximum absolute atomic E-state index is 11.8. The van der Waals surface area contributed by atoms with Gasteiger partial charge in [-0.25, -0.2) is 9.59 Å². The second kappa shape index (κ2) is 6.30. The van der Waals surface area contributed by atoms with Gasteiger partial charge >= 0.3 is 12.1 Å². The van der Waals surface area contributed by atoms with Crippen LogP contribution in [0.3, 0.4) is 0 Å². The van der Waals surface area contributed by atoms with Gasteiger partial charge < -0.3 is 19.7 Å². The van der Waals surface area contributed by atoms with Crippen molar-refractivity contribution in [3.63, 3.8) is 0 Å². The fourth-order valence-electron chi connectivity index (χ4n) is 1.75. The van der Waals surface area contributed by atoms with E-state index in [1.54, 1.807) is 13.8 Å². The van der Waals surface area contributed by atoms with Gasteiger partial charge in [-0.2, -0.15) is 0 Å². The van der Waals surface area contributed by atoms with Crippen molar-refractivity contribution in [2.24, 2.45) is 0 Å². The minimum absolute atomic E-state index is 0.141. The molecule has 0 aliphatic heterocycles. The summed E-state index contributed by atoms with van der Waals surface area (Å²) in [6, 6.07) is 10.5. The molecule has 7 heteroatoms. The standard InChI is InChI=1S/C15H16N2O5/c1-15(2,12-8-11(13(18)19)22-17-12)16-14(20)21-9-10-6-4-3-5-7-10/h3-8H,9H2,1-2H3,(H,16,20)(H,18,19). The predicted molar refractivity (Wildman–Crippen MR) is 76.3 cm³/mol. The van der Waals surface area contributed by atoms with E-state index in [1.807, 2.05) is 30.3 Å². The van der Waals surface area contributed by atoms with E-state index >= 15 is 0 Å². The van der Waals surface area contributed by atoms with Gasteiger partial charge in [-0.3, -0.25) is 0 Å². The van der Waals surface area contributed by atoms with Crippen LogP contribution in [0.25, 0.3) is 0 Å². The Kier molecular flexibility index (Phi) is 4.45. The zero-order chi connectivity index (χ0) is 16.2. The van der Waals surface area contributed by atoms with Gasteiger partial charge in [0.25, 0.3) is 0 Å². The topological polar surface area (TPSA) is 102 Å². The van der Waals surface area contributed by atoms with E-state index < -0.39 is 17.6 Å². The number of nitrogens with one attached hydrogen (secondary N) is 1. The first-order valence-corrected chi connectivity index (χ1v) is 6.58. The molecule has 0 radical (unpaired) electrons. The lowest BCUT2D eigenvalue weighted by Crippen LogP contribution is -2.41. The van der Waals surface area contributed by atoms with Crippen LogP contribution in [0.15, 0.2) is 40.9 Å². The first-order valence-electron chi connectivity index (χ1n) is 6.58. The van der Waals surface area contributed by atoms with E-state index in [-0.39, 0.29) is 12.4 Å². The van der Waals surface area contributed by atoms with Crippen molar-refractivity contribution in [2.75, 3.05) is 0 Å². The predicted octanol–water partition coefficient (Wildman–Crippen LogP) is 2.53. The van der Waals surface area contributed by atoms with Crippen LogP contribution in [0.1, 0.15) is 35.7 Å². The Morgan fingerprint density at radius 3 is 2.59 bits per heavy atom. The van der Waals surface area contributed by atoms with Crippen molar-refractivity contribution < 1.29 is 24.0 Å². The quantitative estimate of drug-likeness (QED) is 0.880. The maximum Gasteiger partial charge on any atom is 0.408 e. The van der Waals surface area contributed by atoms with Crippen LogP contribution >= 0.6 is 0 Å². The molecule has 116 valence electrons. The molecule has 0 unspecified atom stereocenters. The maximum atomic E-state index is 11.8. The second-order valence-electron chi connectivity index (χ2n) is 5.19. The van der Waals surface area contributed by atoms with Crippen LogP contribution in [0, 0.1) is 0 Å². The van der Waals surface area contributed by atoms with Crippen LogP contribution in [0.4, 0.5) is 4.79 Å². The number of carboxylic acids is 1. The average Bonchev–Trinajstić information content (AvgIpc) is 2.97. The minimum atomic E-state index is -1.22. The number of aromatic nitrogens is 1. The molecule has 7 nitrogen and oxygen atoms in total. The zero-order valence-corrected chi connectivity index (χ0v) is 12.2. The summed E-state index contributed by atoms with van der Waals surface area (Å²) in [5, 5.41) is 15.1. The summed E-state index contributed by atoms with van der Waals surface area (Å²) >= 11 is 0. The molecule has 1 heterocycles. The first kappa shape index (κ1) is 15.6. The van der Waals surface area contributed by atoms with Crippen molar-refractivity contribution in [1.29, 1.82) is 0 Å². The Labute approximate surface area is 126 Å². The van der Waals surface area contributed by atoms with Crippen LogP contribution in [0.5, 0.6) is 0 Å². The van der Waals surface area contributed by atoms with E-state index in [0.717, 1.165) is 5.56 Å². The van der Waals surface area contributed by atoms with Crippen molar-refractivity contribution in [1.82, 2.24) is 10.5 Å². The monoisotopic (exact) mass is 304 g/mol. The molecule has 2 aromatic rings. The fraction of sp³-hybridized carbons (Fsp3) is 0.267. The molecule has 1 aromatic carbocycles. The lowest BCUT2D eigenvalue weighted by Gasteiger charge is -2.22. The van der Waals surface area contributed by atoms with Gasteiger partial charge in [-0.05, 0) is 19.4 Å². The van der Waals surface area contributed by atoms with Gasteiger partial charge in [0.1, 0.15) is 12.3 Å². The van der Waals surface area contributed by atoms with Crippen LogP contribution in [-0.2, 0) is 16.9 Å². The summed E-state index contributed by atoms with van der Waals surface area (Å²) in [5.74, 6) is -1.51. The van der Waals surface area contributed by atoms with Crippen LogP contribution in [0.2, 0.25) is 0 Å². The molecule has 0 spiro atoms. The van der Waals surface area contributed by atoms with E-state index in [2.05, 4.69) is 15.0 Å². The van der Waals surface area contributed by atoms with Crippen molar-refractivity contribution >= 4 is 12.1 Å². The molecule has 0 fully saturated rings.